The highest BCUT2D eigenvalue weighted by Crippen LogP contribution is 2.44. The summed E-state index contributed by atoms with van der Waals surface area (Å²) in [5.41, 5.74) is 1.28. The van der Waals surface area contributed by atoms with Crippen molar-refractivity contribution in [3.8, 4) is 5.75 Å². The van der Waals surface area contributed by atoms with E-state index in [0.29, 0.717) is 35.2 Å². The zero-order valence-corrected chi connectivity index (χ0v) is 19.3. The molecule has 0 saturated carbocycles. The second-order valence-electron chi connectivity index (χ2n) is 8.36. The van der Waals surface area contributed by atoms with Crippen LogP contribution in [0.3, 0.4) is 0 Å². The molecule has 0 radical (unpaired) electrons. The topological polar surface area (TPSA) is 94.6 Å². The fourth-order valence-corrected chi connectivity index (χ4v) is 5.46. The fraction of sp³-hybridized carbons (Fsp3) is 0.333. The van der Waals surface area contributed by atoms with Crippen molar-refractivity contribution in [2.45, 2.75) is 37.7 Å². The smallest absolute Gasteiger partial charge is 0.270 e. The fourth-order valence-electron chi connectivity index (χ4n) is 4.22. The van der Waals surface area contributed by atoms with Crippen LogP contribution in [0, 0.1) is 19.8 Å². The van der Waals surface area contributed by atoms with Gasteiger partial charge in [0.05, 0.1) is 24.1 Å². The number of carbonyl (C=O) groups is 1. The highest BCUT2D eigenvalue weighted by molar-refractivity contribution is 7.90. The molecule has 2 unspecified atom stereocenters. The van der Waals surface area contributed by atoms with Crippen LogP contribution in [0.4, 0.5) is 0 Å². The number of rotatable bonds is 5. The van der Waals surface area contributed by atoms with Crippen molar-refractivity contribution in [2.24, 2.45) is 5.92 Å². The van der Waals surface area contributed by atoms with Crippen molar-refractivity contribution >= 4 is 26.8 Å². The van der Waals surface area contributed by atoms with Gasteiger partial charge in [0.25, 0.3) is 15.9 Å². The number of nitrogens with one attached hydrogen (secondary N) is 1. The Bertz CT molecular complexity index is 1300. The average Bonchev–Trinajstić information content (AvgIpc) is 3.15. The zero-order chi connectivity index (χ0) is 23.1. The zero-order valence-electron chi connectivity index (χ0n) is 18.5. The SMILES string of the molecule is COc1ccc(C)cc1C1(C(=O)NS(=O)(=O)c2cccc3nc(C)ccc23)CC(C)CO1. The number of nitrogens with zero attached hydrogens (tertiary/aromatic N) is 1. The number of sulfonamides is 1. The van der Waals surface area contributed by atoms with Gasteiger partial charge in [-0.2, -0.15) is 0 Å². The third-order valence-corrected chi connectivity index (χ3v) is 7.14. The molecular formula is C24H26N2O5S. The summed E-state index contributed by atoms with van der Waals surface area (Å²) in [7, 11) is -2.68. The maximum Gasteiger partial charge on any atom is 0.270 e. The molecule has 1 aliphatic rings. The van der Waals surface area contributed by atoms with E-state index in [1.165, 1.54) is 13.2 Å². The van der Waals surface area contributed by atoms with Crippen LogP contribution in [0.2, 0.25) is 0 Å². The maximum absolute atomic E-state index is 13.6. The first-order valence-electron chi connectivity index (χ1n) is 10.4. The Morgan fingerprint density at radius 1 is 1.19 bits per heavy atom. The molecule has 1 N–H and O–H groups in total. The van der Waals surface area contributed by atoms with Crippen LogP contribution >= 0.6 is 0 Å². The molecule has 1 aliphatic heterocycles. The molecule has 2 atom stereocenters. The van der Waals surface area contributed by atoms with Gasteiger partial charge in [0.1, 0.15) is 5.75 Å². The van der Waals surface area contributed by atoms with E-state index in [1.54, 1.807) is 30.3 Å². The number of hydrogen-bond donors (Lipinski definition) is 1. The minimum atomic E-state index is -4.19. The summed E-state index contributed by atoms with van der Waals surface area (Å²) in [5.74, 6) is -0.191. The van der Waals surface area contributed by atoms with Crippen molar-refractivity contribution in [1.29, 1.82) is 0 Å². The van der Waals surface area contributed by atoms with E-state index in [-0.39, 0.29) is 10.8 Å². The molecule has 3 aromatic rings. The lowest BCUT2D eigenvalue weighted by atomic mass is 9.86. The molecule has 4 rings (SSSR count). The number of methoxy groups -OCH3 is 1. The molecule has 0 aliphatic carbocycles. The number of ether oxygens (including phenoxy) is 2. The number of carbonyl (C=O) groups excluding carboxylic acids is 1. The maximum atomic E-state index is 13.6. The Morgan fingerprint density at radius 2 is 1.97 bits per heavy atom. The normalized spacial score (nSPS) is 20.9. The van der Waals surface area contributed by atoms with Gasteiger partial charge in [-0.3, -0.25) is 9.78 Å². The Kier molecular flexibility index (Phi) is 5.68. The summed E-state index contributed by atoms with van der Waals surface area (Å²) >= 11 is 0. The van der Waals surface area contributed by atoms with Gasteiger partial charge in [0.15, 0.2) is 5.60 Å². The molecule has 2 heterocycles. The summed E-state index contributed by atoms with van der Waals surface area (Å²) in [4.78, 5) is 18.0. The molecule has 1 aromatic heterocycles. The summed E-state index contributed by atoms with van der Waals surface area (Å²) in [6.45, 7) is 6.03. The third-order valence-electron chi connectivity index (χ3n) is 5.75. The van der Waals surface area contributed by atoms with Gasteiger partial charge < -0.3 is 9.47 Å². The van der Waals surface area contributed by atoms with Gasteiger partial charge in [-0.15, -0.1) is 0 Å². The minimum Gasteiger partial charge on any atom is -0.496 e. The lowest BCUT2D eigenvalue weighted by Gasteiger charge is -2.29. The van der Waals surface area contributed by atoms with Crippen LogP contribution in [0.1, 0.15) is 30.2 Å². The number of aryl methyl sites for hydroxylation is 2. The van der Waals surface area contributed by atoms with Gasteiger partial charge in [-0.25, -0.2) is 13.1 Å². The molecule has 0 spiro atoms. The summed E-state index contributed by atoms with van der Waals surface area (Å²) < 4.78 is 40.4. The first kappa shape index (κ1) is 22.2. The highest BCUT2D eigenvalue weighted by Gasteiger charge is 2.50. The van der Waals surface area contributed by atoms with Crippen LogP contribution in [0.5, 0.6) is 5.75 Å². The van der Waals surface area contributed by atoms with Gasteiger partial charge in [-0.1, -0.05) is 24.6 Å². The second kappa shape index (κ2) is 8.18. The van der Waals surface area contributed by atoms with Crippen molar-refractivity contribution < 1.29 is 22.7 Å². The molecule has 2 aromatic carbocycles. The molecule has 8 heteroatoms. The van der Waals surface area contributed by atoms with E-state index in [1.807, 2.05) is 32.9 Å². The van der Waals surface area contributed by atoms with Crippen molar-refractivity contribution in [1.82, 2.24) is 9.71 Å². The Hall–Kier alpha value is -2.97. The predicted molar refractivity (Wildman–Crippen MR) is 121 cm³/mol. The number of benzene rings is 2. The van der Waals surface area contributed by atoms with Crippen LogP contribution < -0.4 is 9.46 Å². The molecule has 32 heavy (non-hydrogen) atoms. The van der Waals surface area contributed by atoms with Crippen molar-refractivity contribution in [3.63, 3.8) is 0 Å². The van der Waals surface area contributed by atoms with Crippen LogP contribution in [0.25, 0.3) is 10.9 Å². The lowest BCUT2D eigenvalue weighted by molar-refractivity contribution is -0.140. The number of amides is 1. The summed E-state index contributed by atoms with van der Waals surface area (Å²) in [6, 6.07) is 13.7. The Morgan fingerprint density at radius 3 is 2.66 bits per heavy atom. The number of hydrogen-bond acceptors (Lipinski definition) is 6. The predicted octanol–water partition coefficient (Wildman–Crippen LogP) is 3.62. The number of pyridine rings is 1. The first-order chi connectivity index (χ1) is 15.2. The Balaban J connectivity index is 1.78. The Labute approximate surface area is 187 Å². The molecule has 1 saturated heterocycles. The largest absolute Gasteiger partial charge is 0.496 e. The standard InChI is InChI=1S/C24H26N2O5S/c1-15-8-11-21(30-4)19(12-15)24(13-16(2)14-31-24)23(27)26-32(28,29)22-7-5-6-20-18(22)10-9-17(3)25-20/h5-12,16H,13-14H2,1-4H3,(H,26,27). The van der Waals surface area contributed by atoms with Gasteiger partial charge >= 0.3 is 0 Å². The minimum absolute atomic E-state index is 0.00625. The van der Waals surface area contributed by atoms with Crippen molar-refractivity contribution in [2.75, 3.05) is 13.7 Å². The quantitative estimate of drug-likeness (QED) is 0.633. The van der Waals surface area contributed by atoms with Gasteiger partial charge in [-0.05, 0) is 62.6 Å². The van der Waals surface area contributed by atoms with Gasteiger partial charge in [0, 0.05) is 16.6 Å². The lowest BCUT2D eigenvalue weighted by Crippen LogP contribution is -2.46. The summed E-state index contributed by atoms with van der Waals surface area (Å²) in [5, 5.41) is 0.446. The van der Waals surface area contributed by atoms with E-state index in [0.717, 1.165) is 11.3 Å². The monoisotopic (exact) mass is 454 g/mol. The third kappa shape index (κ3) is 3.84. The molecule has 168 valence electrons. The van der Waals surface area contributed by atoms with Crippen LogP contribution in [0.15, 0.2) is 53.4 Å². The second-order valence-corrected chi connectivity index (χ2v) is 10.0. The molecule has 0 bridgehead atoms. The average molecular weight is 455 g/mol. The van der Waals surface area contributed by atoms with E-state index in [9.17, 15) is 13.2 Å². The van der Waals surface area contributed by atoms with E-state index in [4.69, 9.17) is 9.47 Å². The van der Waals surface area contributed by atoms with E-state index >= 15 is 0 Å². The first-order valence-corrected chi connectivity index (χ1v) is 11.9. The van der Waals surface area contributed by atoms with Crippen LogP contribution in [-0.4, -0.2) is 33.0 Å². The van der Waals surface area contributed by atoms with E-state index in [2.05, 4.69) is 9.71 Å². The van der Waals surface area contributed by atoms with Gasteiger partial charge in [0.2, 0.25) is 0 Å². The molecule has 1 amide bonds. The number of fused-ring (bicyclic) bond motifs is 1. The summed E-state index contributed by atoms with van der Waals surface area (Å²) in [6.07, 6.45) is 0.338. The molecular weight excluding hydrogens is 428 g/mol. The van der Waals surface area contributed by atoms with Crippen molar-refractivity contribution in [3.05, 3.63) is 65.4 Å². The number of aromatic nitrogens is 1. The molecule has 7 nitrogen and oxygen atoms in total. The molecule has 1 fully saturated rings. The van der Waals surface area contributed by atoms with E-state index < -0.39 is 21.5 Å². The highest BCUT2D eigenvalue weighted by atomic mass is 32.2. The van der Waals surface area contributed by atoms with Crippen LogP contribution in [-0.2, 0) is 25.2 Å².